The molecule has 1 amide bonds. The van der Waals surface area contributed by atoms with E-state index in [9.17, 15) is 13.2 Å². The van der Waals surface area contributed by atoms with Crippen LogP contribution in [-0.4, -0.2) is 32.2 Å². The van der Waals surface area contributed by atoms with Gasteiger partial charge in [0.25, 0.3) is 0 Å². The summed E-state index contributed by atoms with van der Waals surface area (Å²) in [5.74, 6) is 0.206. The number of aromatic amines is 1. The van der Waals surface area contributed by atoms with Crippen LogP contribution < -0.4 is 14.8 Å². The molecule has 0 saturated carbocycles. The third-order valence-corrected chi connectivity index (χ3v) is 5.95. The molecule has 0 bridgehead atoms. The number of aromatic nitrogens is 1. The highest BCUT2D eigenvalue weighted by atomic mass is 32.2. The first kappa shape index (κ1) is 20.7. The third-order valence-electron chi connectivity index (χ3n) is 4.66. The zero-order valence-electron chi connectivity index (χ0n) is 16.5. The van der Waals surface area contributed by atoms with Gasteiger partial charge in [0.2, 0.25) is 15.9 Å². The molecular formula is C21H25N3O4S. The van der Waals surface area contributed by atoms with E-state index in [1.54, 1.807) is 25.1 Å². The highest BCUT2D eigenvalue weighted by Crippen LogP contribution is 2.29. The van der Waals surface area contributed by atoms with E-state index in [1.807, 2.05) is 24.4 Å². The minimum absolute atomic E-state index is 0.0366. The van der Waals surface area contributed by atoms with Crippen molar-refractivity contribution in [1.82, 2.24) is 4.98 Å². The average molecular weight is 416 g/mol. The molecular weight excluding hydrogens is 390 g/mol. The molecule has 154 valence electrons. The molecule has 29 heavy (non-hydrogen) atoms. The number of benzene rings is 2. The summed E-state index contributed by atoms with van der Waals surface area (Å²) in [6, 6.07) is 12.9. The van der Waals surface area contributed by atoms with Gasteiger partial charge >= 0.3 is 0 Å². The molecule has 0 spiro atoms. The minimum Gasteiger partial charge on any atom is -0.494 e. The molecule has 3 aromatic rings. The Morgan fingerprint density at radius 2 is 1.97 bits per heavy atom. The molecule has 0 saturated heterocycles. The molecule has 3 N–H and O–H groups in total. The number of aryl methyl sites for hydroxylation is 1. The molecule has 7 nitrogen and oxygen atoms in total. The van der Waals surface area contributed by atoms with Crippen LogP contribution in [0.3, 0.4) is 0 Å². The van der Waals surface area contributed by atoms with Crippen LogP contribution in [-0.2, 0) is 21.2 Å². The fraction of sp³-hybridized carbons (Fsp3) is 0.286. The number of carbonyl (C=O) groups excluding carboxylic acids is 1. The summed E-state index contributed by atoms with van der Waals surface area (Å²) in [6.07, 6.45) is 3.90. The van der Waals surface area contributed by atoms with E-state index in [2.05, 4.69) is 21.1 Å². The van der Waals surface area contributed by atoms with Gasteiger partial charge < -0.3 is 15.0 Å². The second-order valence-electron chi connectivity index (χ2n) is 6.68. The van der Waals surface area contributed by atoms with Crippen molar-refractivity contribution in [2.75, 3.05) is 22.9 Å². The summed E-state index contributed by atoms with van der Waals surface area (Å²) in [5, 5.41) is 4.02. The Morgan fingerprint density at radius 1 is 1.17 bits per heavy atom. The highest BCUT2D eigenvalue weighted by Gasteiger charge is 2.13. The van der Waals surface area contributed by atoms with Crippen LogP contribution in [0.1, 0.15) is 25.3 Å². The predicted molar refractivity (Wildman–Crippen MR) is 116 cm³/mol. The van der Waals surface area contributed by atoms with Crippen LogP contribution in [0.5, 0.6) is 5.75 Å². The van der Waals surface area contributed by atoms with Crippen molar-refractivity contribution in [3.05, 3.63) is 54.2 Å². The molecule has 0 atom stereocenters. The molecule has 1 aromatic heterocycles. The molecule has 0 aliphatic carbocycles. The van der Waals surface area contributed by atoms with Crippen LogP contribution >= 0.6 is 0 Å². The van der Waals surface area contributed by atoms with Gasteiger partial charge in [-0.1, -0.05) is 18.2 Å². The highest BCUT2D eigenvalue weighted by molar-refractivity contribution is 7.92. The number of anilines is 2. The van der Waals surface area contributed by atoms with Crippen LogP contribution in [0.25, 0.3) is 10.9 Å². The largest absolute Gasteiger partial charge is 0.494 e. The summed E-state index contributed by atoms with van der Waals surface area (Å²) < 4.78 is 31.2. The number of methoxy groups -OCH3 is 1. The summed E-state index contributed by atoms with van der Waals surface area (Å²) in [6.45, 7) is 1.56. The Bertz CT molecular complexity index is 1110. The molecule has 0 fully saturated rings. The first-order valence-electron chi connectivity index (χ1n) is 9.45. The normalized spacial score (nSPS) is 11.4. The number of H-pyrrole nitrogens is 1. The number of ether oxygens (including phenoxy) is 1. The summed E-state index contributed by atoms with van der Waals surface area (Å²) in [5.41, 5.74) is 3.19. The lowest BCUT2D eigenvalue weighted by Gasteiger charge is -2.13. The fourth-order valence-electron chi connectivity index (χ4n) is 3.09. The van der Waals surface area contributed by atoms with E-state index >= 15 is 0 Å². The lowest BCUT2D eigenvalue weighted by atomic mass is 10.1. The zero-order chi connectivity index (χ0) is 20.9. The molecule has 0 aliphatic heterocycles. The Labute approximate surface area is 170 Å². The van der Waals surface area contributed by atoms with Gasteiger partial charge in [-0.15, -0.1) is 0 Å². The monoisotopic (exact) mass is 415 g/mol. The van der Waals surface area contributed by atoms with E-state index in [0.717, 1.165) is 18.4 Å². The van der Waals surface area contributed by atoms with Crippen LogP contribution in [0.15, 0.2) is 48.7 Å². The maximum absolute atomic E-state index is 12.3. The first-order chi connectivity index (χ1) is 13.9. The van der Waals surface area contributed by atoms with Crippen molar-refractivity contribution < 1.29 is 17.9 Å². The number of nitrogens with one attached hydrogen (secondary N) is 3. The summed E-state index contributed by atoms with van der Waals surface area (Å²) >= 11 is 0. The molecule has 0 aliphatic rings. The lowest BCUT2D eigenvalue weighted by molar-refractivity contribution is -0.116. The van der Waals surface area contributed by atoms with Gasteiger partial charge in [-0.2, -0.15) is 0 Å². The molecule has 3 rings (SSSR count). The van der Waals surface area contributed by atoms with Crippen molar-refractivity contribution in [2.24, 2.45) is 0 Å². The maximum atomic E-state index is 12.3. The van der Waals surface area contributed by atoms with Crippen LogP contribution in [0.4, 0.5) is 11.4 Å². The smallest absolute Gasteiger partial charge is 0.232 e. The molecule has 8 heteroatoms. The number of hydrogen-bond acceptors (Lipinski definition) is 4. The van der Waals surface area contributed by atoms with Gasteiger partial charge in [0.1, 0.15) is 5.75 Å². The average Bonchev–Trinajstić information content (AvgIpc) is 3.12. The van der Waals surface area contributed by atoms with E-state index in [0.29, 0.717) is 23.5 Å². The number of para-hydroxylation sites is 1. The van der Waals surface area contributed by atoms with Crippen molar-refractivity contribution in [3.8, 4) is 5.75 Å². The lowest BCUT2D eigenvalue weighted by Crippen LogP contribution is -2.16. The fourth-order valence-corrected chi connectivity index (χ4v) is 3.74. The van der Waals surface area contributed by atoms with Crippen LogP contribution in [0, 0.1) is 0 Å². The molecule has 0 radical (unpaired) electrons. The standard InChI is InChI=1S/C21H25N3O4S/c1-3-29(26,27)24-19-12-11-16(13-20(19)28-2)23-21(25)10-6-7-15-14-22-18-9-5-4-8-17(15)18/h4-5,8-9,11-14,22,24H,3,6-7,10H2,1-2H3,(H,23,25). The number of hydrogen-bond donors (Lipinski definition) is 3. The van der Waals surface area contributed by atoms with Crippen molar-refractivity contribution in [2.45, 2.75) is 26.2 Å². The van der Waals surface area contributed by atoms with Crippen molar-refractivity contribution in [1.29, 1.82) is 0 Å². The molecule has 1 heterocycles. The number of sulfonamides is 1. The third kappa shape index (κ3) is 5.29. The van der Waals surface area contributed by atoms with Gasteiger partial charge in [0, 0.05) is 35.3 Å². The van der Waals surface area contributed by atoms with Gasteiger partial charge in [0.15, 0.2) is 0 Å². The second kappa shape index (κ2) is 9.00. The van der Waals surface area contributed by atoms with Gasteiger partial charge in [-0.25, -0.2) is 8.42 Å². The first-order valence-corrected chi connectivity index (χ1v) is 11.1. The summed E-state index contributed by atoms with van der Waals surface area (Å²) in [7, 11) is -1.96. The minimum atomic E-state index is -3.41. The maximum Gasteiger partial charge on any atom is 0.232 e. The second-order valence-corrected chi connectivity index (χ2v) is 8.69. The predicted octanol–water partition coefficient (Wildman–Crippen LogP) is 3.90. The van der Waals surface area contributed by atoms with E-state index in [-0.39, 0.29) is 11.7 Å². The van der Waals surface area contributed by atoms with Crippen molar-refractivity contribution >= 4 is 38.2 Å². The zero-order valence-corrected chi connectivity index (χ0v) is 17.3. The summed E-state index contributed by atoms with van der Waals surface area (Å²) in [4.78, 5) is 15.5. The Hall–Kier alpha value is -3.00. The van der Waals surface area contributed by atoms with E-state index in [1.165, 1.54) is 18.1 Å². The molecule has 0 unspecified atom stereocenters. The van der Waals surface area contributed by atoms with Crippen LogP contribution in [0.2, 0.25) is 0 Å². The van der Waals surface area contributed by atoms with Gasteiger partial charge in [-0.05, 0) is 43.5 Å². The Kier molecular flexibility index (Phi) is 6.43. The van der Waals surface area contributed by atoms with Gasteiger partial charge in [0.05, 0.1) is 18.6 Å². The Balaban J connectivity index is 1.57. The van der Waals surface area contributed by atoms with E-state index in [4.69, 9.17) is 4.74 Å². The number of fused-ring (bicyclic) bond motifs is 1. The van der Waals surface area contributed by atoms with E-state index < -0.39 is 10.0 Å². The SMILES string of the molecule is CCS(=O)(=O)Nc1ccc(NC(=O)CCCc2c[nH]c3ccccc23)cc1OC. The topological polar surface area (TPSA) is 100 Å². The number of amides is 1. The van der Waals surface area contributed by atoms with Crippen molar-refractivity contribution in [3.63, 3.8) is 0 Å². The Morgan fingerprint density at radius 3 is 2.72 bits per heavy atom. The molecule has 2 aromatic carbocycles. The number of carbonyl (C=O) groups is 1. The van der Waals surface area contributed by atoms with Gasteiger partial charge in [-0.3, -0.25) is 9.52 Å². The number of rotatable bonds is 9. The quantitative estimate of drug-likeness (QED) is 0.493.